The summed E-state index contributed by atoms with van der Waals surface area (Å²) in [6.45, 7) is 5.90. The molecular formula is C25H33F2N5O2S. The predicted octanol–water partition coefficient (Wildman–Crippen LogP) is 3.85. The summed E-state index contributed by atoms with van der Waals surface area (Å²) in [7, 11) is 0. The molecule has 0 bridgehead atoms. The van der Waals surface area contributed by atoms with Gasteiger partial charge in [-0.2, -0.15) is 0 Å². The van der Waals surface area contributed by atoms with Crippen LogP contribution in [-0.2, 0) is 11.3 Å². The summed E-state index contributed by atoms with van der Waals surface area (Å²) in [5.41, 5.74) is 0.000916. The highest BCUT2D eigenvalue weighted by molar-refractivity contribution is 7.17. The van der Waals surface area contributed by atoms with Gasteiger partial charge in [0.25, 0.3) is 5.91 Å². The van der Waals surface area contributed by atoms with E-state index < -0.39 is 11.6 Å². The van der Waals surface area contributed by atoms with E-state index in [0.717, 1.165) is 69.0 Å². The van der Waals surface area contributed by atoms with Crippen LogP contribution in [0.15, 0.2) is 18.5 Å². The number of carbonyl (C=O) groups is 1. The minimum atomic E-state index is -0.774. The molecule has 2 aromatic rings. The van der Waals surface area contributed by atoms with E-state index in [1.54, 1.807) is 6.20 Å². The van der Waals surface area contributed by atoms with E-state index in [9.17, 15) is 13.6 Å². The molecule has 4 heterocycles. The van der Waals surface area contributed by atoms with E-state index in [1.807, 2.05) is 0 Å². The Balaban J connectivity index is 1.07. The Morgan fingerprint density at radius 2 is 1.86 bits per heavy atom. The third kappa shape index (κ3) is 6.54. The van der Waals surface area contributed by atoms with Gasteiger partial charge in [-0.15, -0.1) is 0 Å². The second kappa shape index (κ2) is 11.3. The molecule has 2 aromatic heterocycles. The molecule has 2 aliphatic heterocycles. The molecule has 7 nitrogen and oxygen atoms in total. The highest BCUT2D eigenvalue weighted by Crippen LogP contribution is 2.31. The second-order valence-corrected chi connectivity index (χ2v) is 11.0. The highest BCUT2D eigenvalue weighted by atomic mass is 32.1. The molecule has 3 fully saturated rings. The third-order valence-corrected chi connectivity index (χ3v) is 8.28. The highest BCUT2D eigenvalue weighted by Gasteiger charge is 2.30. The van der Waals surface area contributed by atoms with E-state index in [4.69, 9.17) is 4.74 Å². The molecule has 0 spiro atoms. The van der Waals surface area contributed by atoms with Crippen LogP contribution in [0, 0.1) is 23.5 Å². The van der Waals surface area contributed by atoms with Crippen LogP contribution in [0.25, 0.3) is 0 Å². The normalized spacial score (nSPS) is 21.9. The molecular weight excluding hydrogens is 472 g/mol. The lowest BCUT2D eigenvalue weighted by Gasteiger charge is -2.42. The number of pyridine rings is 1. The fourth-order valence-electron chi connectivity index (χ4n) is 5.01. The Kier molecular flexibility index (Phi) is 7.89. The van der Waals surface area contributed by atoms with Gasteiger partial charge in [-0.3, -0.25) is 14.7 Å². The number of hydrogen-bond acceptors (Lipinski definition) is 7. The minimum absolute atomic E-state index is 0.000916. The number of nitrogens with zero attached hydrogens (tertiary/aromatic N) is 4. The van der Waals surface area contributed by atoms with Gasteiger partial charge in [-0.1, -0.05) is 11.3 Å². The van der Waals surface area contributed by atoms with Gasteiger partial charge in [-0.05, 0) is 56.9 Å². The van der Waals surface area contributed by atoms with Crippen LogP contribution < -0.4 is 10.2 Å². The van der Waals surface area contributed by atoms with E-state index in [2.05, 4.69) is 25.1 Å². The van der Waals surface area contributed by atoms with E-state index >= 15 is 0 Å². The Bertz CT molecular complexity index is 1010. The zero-order valence-electron chi connectivity index (χ0n) is 19.9. The van der Waals surface area contributed by atoms with Crippen LogP contribution in [0.1, 0.15) is 53.9 Å². The molecule has 0 aromatic carbocycles. The maximum atomic E-state index is 13.7. The second-order valence-electron chi connectivity index (χ2n) is 9.97. The van der Waals surface area contributed by atoms with Crippen LogP contribution in [0.2, 0.25) is 0 Å². The molecule has 1 atom stereocenters. The molecule has 190 valence electrons. The molecule has 1 N–H and O–H groups in total. The van der Waals surface area contributed by atoms with Crippen molar-refractivity contribution in [2.45, 2.75) is 51.1 Å². The Labute approximate surface area is 208 Å². The topological polar surface area (TPSA) is 70.6 Å². The first-order chi connectivity index (χ1) is 17.0. The molecule has 0 radical (unpaired) electrons. The molecule has 35 heavy (non-hydrogen) atoms. The predicted molar refractivity (Wildman–Crippen MR) is 131 cm³/mol. The summed E-state index contributed by atoms with van der Waals surface area (Å²) < 4.78 is 32.7. The number of anilines is 1. The number of likely N-dealkylation sites (tertiary alicyclic amines) is 1. The number of ether oxygens (including phenoxy) is 1. The van der Waals surface area contributed by atoms with Crippen LogP contribution in [-0.4, -0.2) is 66.2 Å². The molecule has 1 amide bonds. The van der Waals surface area contributed by atoms with Gasteiger partial charge in [0.2, 0.25) is 0 Å². The number of halogens is 2. The van der Waals surface area contributed by atoms with Crippen LogP contribution in [0.3, 0.4) is 0 Å². The molecule has 2 saturated heterocycles. The first-order valence-corrected chi connectivity index (χ1v) is 13.5. The maximum absolute atomic E-state index is 13.7. The smallest absolute Gasteiger partial charge is 0.263 e. The van der Waals surface area contributed by atoms with Crippen molar-refractivity contribution in [1.82, 2.24) is 20.2 Å². The zero-order valence-corrected chi connectivity index (χ0v) is 20.7. The number of rotatable bonds is 9. The fourth-order valence-corrected chi connectivity index (χ4v) is 5.90. The standard InChI is InChI=1S/C25H33F2N5O2S/c26-19-10-21(27)22(28-11-19)12-29-24(33)23-13-30-25(35-23)31-8-5-20(6-9-31)32-7-1-2-18(14-32)16-34-15-17-3-4-17/h10-11,13,17-18,20H,1-9,12,14-16H2,(H,29,33). The molecule has 3 aliphatic rings. The van der Waals surface area contributed by atoms with Crippen molar-refractivity contribution in [3.05, 3.63) is 40.7 Å². The summed E-state index contributed by atoms with van der Waals surface area (Å²) in [6.07, 6.45) is 9.88. The number of carbonyl (C=O) groups excluding carboxylic acids is 1. The van der Waals surface area contributed by atoms with E-state index in [0.29, 0.717) is 16.8 Å². The number of nitrogens with one attached hydrogen (secondary N) is 1. The monoisotopic (exact) mass is 505 g/mol. The largest absolute Gasteiger partial charge is 0.381 e. The van der Waals surface area contributed by atoms with Crippen LogP contribution in [0.5, 0.6) is 0 Å². The number of thiazole rings is 1. The van der Waals surface area contributed by atoms with Crippen molar-refractivity contribution in [2.75, 3.05) is 44.3 Å². The SMILES string of the molecule is O=C(NCc1ncc(F)cc1F)c1cnc(N2CCC(N3CCCC(COCC4CC4)C3)CC2)s1. The van der Waals surface area contributed by atoms with Gasteiger partial charge in [0.1, 0.15) is 16.5 Å². The van der Waals surface area contributed by atoms with E-state index in [1.165, 1.54) is 43.6 Å². The van der Waals surface area contributed by atoms with E-state index in [-0.39, 0.29) is 18.1 Å². The summed E-state index contributed by atoms with van der Waals surface area (Å²) in [5, 5.41) is 3.48. The summed E-state index contributed by atoms with van der Waals surface area (Å²) >= 11 is 1.34. The third-order valence-electron chi connectivity index (χ3n) is 7.22. The molecule has 10 heteroatoms. The van der Waals surface area contributed by atoms with Crippen molar-refractivity contribution < 1.29 is 18.3 Å². The van der Waals surface area contributed by atoms with Crippen molar-refractivity contribution in [3.8, 4) is 0 Å². The average Bonchev–Trinajstić information content (AvgIpc) is 3.56. The van der Waals surface area contributed by atoms with Gasteiger partial charge in [0.15, 0.2) is 5.13 Å². The Morgan fingerprint density at radius 3 is 2.63 bits per heavy atom. The minimum Gasteiger partial charge on any atom is -0.381 e. The van der Waals surface area contributed by atoms with Crippen molar-refractivity contribution >= 4 is 22.4 Å². The van der Waals surface area contributed by atoms with Crippen LogP contribution in [0.4, 0.5) is 13.9 Å². The first kappa shape index (κ1) is 24.5. The van der Waals surface area contributed by atoms with Gasteiger partial charge in [0, 0.05) is 38.3 Å². The van der Waals surface area contributed by atoms with Crippen molar-refractivity contribution in [1.29, 1.82) is 0 Å². The fraction of sp³-hybridized carbons (Fsp3) is 0.640. The van der Waals surface area contributed by atoms with Crippen molar-refractivity contribution in [2.24, 2.45) is 11.8 Å². The van der Waals surface area contributed by atoms with Gasteiger partial charge < -0.3 is 15.0 Å². The number of aromatic nitrogens is 2. The Morgan fingerprint density at radius 1 is 1.06 bits per heavy atom. The summed E-state index contributed by atoms with van der Waals surface area (Å²) in [4.78, 5) is 26.0. The van der Waals surface area contributed by atoms with Gasteiger partial charge in [0.05, 0.1) is 31.2 Å². The lowest BCUT2D eigenvalue weighted by Crippen LogP contribution is -2.49. The lowest BCUT2D eigenvalue weighted by atomic mass is 9.94. The lowest BCUT2D eigenvalue weighted by molar-refractivity contribution is 0.0375. The summed E-state index contributed by atoms with van der Waals surface area (Å²) in [5.74, 6) is -0.377. The average molecular weight is 506 g/mol. The van der Waals surface area contributed by atoms with Crippen molar-refractivity contribution in [3.63, 3.8) is 0 Å². The molecule has 1 unspecified atom stereocenters. The molecule has 1 aliphatic carbocycles. The van der Waals surface area contributed by atoms with Crippen LogP contribution >= 0.6 is 11.3 Å². The number of amides is 1. The molecule has 5 rings (SSSR count). The first-order valence-electron chi connectivity index (χ1n) is 12.7. The quantitative estimate of drug-likeness (QED) is 0.558. The Hall–Kier alpha value is -2.17. The number of piperidine rings is 2. The van der Waals surface area contributed by atoms with Gasteiger partial charge >= 0.3 is 0 Å². The maximum Gasteiger partial charge on any atom is 0.263 e. The zero-order chi connectivity index (χ0) is 24.2. The number of hydrogen-bond donors (Lipinski definition) is 1. The summed E-state index contributed by atoms with van der Waals surface area (Å²) in [6, 6.07) is 1.36. The molecule has 1 saturated carbocycles. The van der Waals surface area contributed by atoms with Gasteiger partial charge in [-0.25, -0.2) is 13.8 Å².